The number of nitrogens with two attached hydrogens (primary N) is 1. The topological polar surface area (TPSA) is 64.3 Å². The number of primary amides is 1. The summed E-state index contributed by atoms with van der Waals surface area (Å²) in [4.78, 5) is 10.5. The number of carbonyl (C=O) groups excluding carboxylic acids is 1. The number of hydrogen-bond donors (Lipinski definition) is 2. The molecule has 0 saturated heterocycles. The van der Waals surface area contributed by atoms with Gasteiger partial charge >= 0.3 is 0 Å². The third-order valence-corrected chi connectivity index (χ3v) is 2.51. The minimum atomic E-state index is -0.388. The molecule has 1 amide bonds. The minimum absolute atomic E-state index is 0.0445. The third-order valence-electron chi connectivity index (χ3n) is 2.51. The second-order valence-corrected chi connectivity index (χ2v) is 3.50. The molecule has 0 bridgehead atoms. The van der Waals surface area contributed by atoms with E-state index >= 15 is 0 Å². The van der Waals surface area contributed by atoms with Crippen LogP contribution >= 0.6 is 0 Å². The van der Waals surface area contributed by atoms with Gasteiger partial charge in [0.15, 0.2) is 0 Å². The lowest BCUT2D eigenvalue weighted by molar-refractivity contribution is -0.125. The fourth-order valence-corrected chi connectivity index (χ4v) is 1.82. The highest BCUT2D eigenvalue weighted by Crippen LogP contribution is 2.20. The fourth-order valence-electron chi connectivity index (χ4n) is 1.82. The van der Waals surface area contributed by atoms with Crippen molar-refractivity contribution in [2.75, 3.05) is 13.7 Å². The Morgan fingerprint density at radius 1 is 1.54 bits per heavy atom. The summed E-state index contributed by atoms with van der Waals surface area (Å²) in [7, 11) is 1.93. The predicted molar refractivity (Wildman–Crippen MR) is 50.3 cm³/mol. The van der Waals surface area contributed by atoms with Gasteiger partial charge in [-0.25, -0.2) is 0 Å². The Hall–Kier alpha value is -0.610. The van der Waals surface area contributed by atoms with Gasteiger partial charge in [-0.15, -0.1) is 0 Å². The Morgan fingerprint density at radius 2 is 2.23 bits per heavy atom. The summed E-state index contributed by atoms with van der Waals surface area (Å²) < 4.78 is 5.41. The first-order valence-electron chi connectivity index (χ1n) is 4.81. The Labute approximate surface area is 78.8 Å². The molecule has 13 heavy (non-hydrogen) atoms. The fraction of sp³-hybridized carbons (Fsp3) is 0.889. The van der Waals surface area contributed by atoms with Crippen LogP contribution in [-0.2, 0) is 9.53 Å². The smallest absolute Gasteiger partial charge is 0.243 e. The van der Waals surface area contributed by atoms with E-state index in [1.807, 2.05) is 7.05 Å². The summed E-state index contributed by atoms with van der Waals surface area (Å²) in [6, 6.07) is 0.382. The van der Waals surface area contributed by atoms with Crippen LogP contribution in [-0.4, -0.2) is 31.7 Å². The normalized spacial score (nSPS) is 28.7. The van der Waals surface area contributed by atoms with Crippen LogP contribution in [0.25, 0.3) is 0 Å². The summed E-state index contributed by atoms with van der Waals surface area (Å²) in [5.41, 5.74) is 5.01. The molecule has 0 aromatic heterocycles. The summed E-state index contributed by atoms with van der Waals surface area (Å²) in [6.45, 7) is 0.0445. The van der Waals surface area contributed by atoms with Crippen molar-refractivity contribution in [1.82, 2.24) is 5.32 Å². The standard InChI is InChI=1S/C9H18N2O2/c1-11-7-4-2-3-5-8(7)13-6-9(10)12/h7-8,11H,2-6H2,1H3,(H2,10,12). The lowest BCUT2D eigenvalue weighted by atomic mass is 9.92. The van der Waals surface area contributed by atoms with Crippen LogP contribution < -0.4 is 11.1 Å². The van der Waals surface area contributed by atoms with Gasteiger partial charge in [-0.2, -0.15) is 0 Å². The van der Waals surface area contributed by atoms with Gasteiger partial charge in [0.25, 0.3) is 0 Å². The molecule has 0 aromatic rings. The molecule has 0 aromatic carbocycles. The van der Waals surface area contributed by atoms with E-state index in [1.54, 1.807) is 0 Å². The Bertz CT molecular complexity index is 173. The molecule has 0 spiro atoms. The third kappa shape index (κ3) is 3.32. The van der Waals surface area contributed by atoms with Crippen molar-refractivity contribution in [3.8, 4) is 0 Å². The number of likely N-dealkylation sites (N-methyl/N-ethyl adjacent to an activating group) is 1. The predicted octanol–water partition coefficient (Wildman–Crippen LogP) is 0.0189. The highest BCUT2D eigenvalue weighted by Gasteiger charge is 2.24. The molecule has 2 atom stereocenters. The van der Waals surface area contributed by atoms with Gasteiger partial charge in [0.2, 0.25) is 5.91 Å². The molecular weight excluding hydrogens is 168 g/mol. The summed E-state index contributed by atoms with van der Waals surface area (Å²) in [5, 5.41) is 3.20. The van der Waals surface area contributed by atoms with Gasteiger partial charge in [0.1, 0.15) is 6.61 Å². The lowest BCUT2D eigenvalue weighted by Gasteiger charge is -2.30. The number of amides is 1. The minimum Gasteiger partial charge on any atom is -0.368 e. The molecule has 76 valence electrons. The monoisotopic (exact) mass is 186 g/mol. The van der Waals surface area contributed by atoms with Crippen LogP contribution in [0.1, 0.15) is 25.7 Å². The molecule has 4 nitrogen and oxygen atoms in total. The highest BCUT2D eigenvalue weighted by molar-refractivity contribution is 5.75. The van der Waals surface area contributed by atoms with Gasteiger partial charge in [0, 0.05) is 6.04 Å². The zero-order valence-electron chi connectivity index (χ0n) is 8.08. The van der Waals surface area contributed by atoms with Crippen molar-refractivity contribution < 1.29 is 9.53 Å². The largest absolute Gasteiger partial charge is 0.368 e. The van der Waals surface area contributed by atoms with Gasteiger partial charge in [-0.1, -0.05) is 12.8 Å². The van der Waals surface area contributed by atoms with E-state index in [4.69, 9.17) is 10.5 Å². The van der Waals surface area contributed by atoms with Gasteiger partial charge in [-0.05, 0) is 19.9 Å². The number of nitrogens with one attached hydrogen (secondary N) is 1. The lowest BCUT2D eigenvalue weighted by Crippen LogP contribution is -2.42. The SMILES string of the molecule is CNC1CCCCC1OCC(N)=O. The van der Waals surface area contributed by atoms with Crippen molar-refractivity contribution in [1.29, 1.82) is 0 Å². The average Bonchev–Trinajstić information content (AvgIpc) is 2.15. The highest BCUT2D eigenvalue weighted by atomic mass is 16.5. The first-order valence-corrected chi connectivity index (χ1v) is 4.81. The van der Waals surface area contributed by atoms with Crippen LogP contribution in [0, 0.1) is 0 Å². The summed E-state index contributed by atoms with van der Waals surface area (Å²) >= 11 is 0. The molecule has 1 saturated carbocycles. The zero-order chi connectivity index (χ0) is 9.68. The van der Waals surface area contributed by atoms with E-state index in [0.717, 1.165) is 12.8 Å². The Kier molecular flexibility index (Phi) is 4.18. The number of hydrogen-bond acceptors (Lipinski definition) is 3. The van der Waals surface area contributed by atoms with E-state index in [9.17, 15) is 4.79 Å². The second kappa shape index (κ2) is 5.19. The first kappa shape index (κ1) is 10.5. The van der Waals surface area contributed by atoms with Gasteiger partial charge in [-0.3, -0.25) is 4.79 Å². The molecule has 1 aliphatic carbocycles. The molecule has 1 fully saturated rings. The van der Waals surface area contributed by atoms with Crippen molar-refractivity contribution >= 4 is 5.91 Å². The second-order valence-electron chi connectivity index (χ2n) is 3.50. The van der Waals surface area contributed by atoms with Crippen LogP contribution in [0.3, 0.4) is 0 Å². The Morgan fingerprint density at radius 3 is 2.85 bits per heavy atom. The van der Waals surface area contributed by atoms with Crippen molar-refractivity contribution in [2.45, 2.75) is 37.8 Å². The van der Waals surface area contributed by atoms with Crippen molar-refractivity contribution in [3.63, 3.8) is 0 Å². The van der Waals surface area contributed by atoms with E-state index in [1.165, 1.54) is 12.8 Å². The quantitative estimate of drug-likeness (QED) is 0.650. The number of rotatable bonds is 4. The summed E-state index contributed by atoms with van der Waals surface area (Å²) in [5.74, 6) is -0.388. The molecule has 0 aliphatic heterocycles. The first-order chi connectivity index (χ1) is 6.24. The number of carbonyl (C=O) groups is 1. The van der Waals surface area contributed by atoms with E-state index in [2.05, 4.69) is 5.32 Å². The molecule has 2 unspecified atom stereocenters. The zero-order valence-corrected chi connectivity index (χ0v) is 8.08. The van der Waals surface area contributed by atoms with Gasteiger partial charge in [0.05, 0.1) is 6.10 Å². The maximum atomic E-state index is 10.5. The molecular formula is C9H18N2O2. The van der Waals surface area contributed by atoms with E-state index < -0.39 is 0 Å². The van der Waals surface area contributed by atoms with Crippen LogP contribution in [0.2, 0.25) is 0 Å². The molecule has 3 N–H and O–H groups in total. The van der Waals surface area contributed by atoms with Gasteiger partial charge < -0.3 is 15.8 Å². The van der Waals surface area contributed by atoms with Crippen molar-refractivity contribution in [2.24, 2.45) is 5.73 Å². The maximum Gasteiger partial charge on any atom is 0.243 e. The van der Waals surface area contributed by atoms with Crippen LogP contribution in [0.5, 0.6) is 0 Å². The number of ether oxygens (including phenoxy) is 1. The van der Waals surface area contributed by atoms with E-state index in [0.29, 0.717) is 6.04 Å². The maximum absolute atomic E-state index is 10.5. The summed E-state index contributed by atoms with van der Waals surface area (Å²) in [6.07, 6.45) is 4.73. The molecule has 0 radical (unpaired) electrons. The van der Waals surface area contributed by atoms with Crippen molar-refractivity contribution in [3.05, 3.63) is 0 Å². The van der Waals surface area contributed by atoms with Crippen LogP contribution in [0.4, 0.5) is 0 Å². The van der Waals surface area contributed by atoms with E-state index in [-0.39, 0.29) is 18.6 Å². The average molecular weight is 186 g/mol. The molecule has 0 heterocycles. The molecule has 4 heteroatoms. The molecule has 1 rings (SSSR count). The Balaban J connectivity index is 2.31. The van der Waals surface area contributed by atoms with Crippen LogP contribution in [0.15, 0.2) is 0 Å². The molecule has 1 aliphatic rings.